The van der Waals surface area contributed by atoms with Crippen molar-refractivity contribution in [2.75, 3.05) is 19.5 Å². The van der Waals surface area contributed by atoms with Crippen LogP contribution in [0.25, 0.3) is 0 Å². The maximum absolute atomic E-state index is 13.8. The number of amides is 1. The van der Waals surface area contributed by atoms with E-state index in [4.69, 9.17) is 9.47 Å². The average molecular weight is 461 g/mol. The Labute approximate surface area is 201 Å². The summed E-state index contributed by atoms with van der Waals surface area (Å²) >= 11 is 0. The number of ketones is 1. The minimum Gasteiger partial charge on any atom is -0.493 e. The molecule has 6 heteroatoms. The van der Waals surface area contributed by atoms with Gasteiger partial charge in [0.2, 0.25) is 0 Å². The first kappa shape index (κ1) is 23.6. The van der Waals surface area contributed by atoms with Crippen molar-refractivity contribution < 1.29 is 19.1 Å². The number of methoxy groups -OCH3 is 2. The molecule has 0 spiro atoms. The lowest BCUT2D eigenvalue weighted by Gasteiger charge is -2.40. The lowest BCUT2D eigenvalue weighted by molar-refractivity contribution is -0.118. The molecule has 2 N–H and O–H groups in total. The van der Waals surface area contributed by atoms with Crippen LogP contribution in [0.4, 0.5) is 5.69 Å². The predicted octanol–water partition coefficient (Wildman–Crippen LogP) is 5.25. The van der Waals surface area contributed by atoms with Crippen LogP contribution in [0.2, 0.25) is 0 Å². The molecule has 0 aromatic heterocycles. The Bertz CT molecular complexity index is 1220. The molecule has 1 amide bonds. The lowest BCUT2D eigenvalue weighted by atomic mass is 9.68. The van der Waals surface area contributed by atoms with Crippen LogP contribution in [0.5, 0.6) is 11.5 Å². The van der Waals surface area contributed by atoms with Gasteiger partial charge in [0.25, 0.3) is 5.91 Å². The summed E-state index contributed by atoms with van der Waals surface area (Å²) in [6.45, 7) is 8.03. The summed E-state index contributed by atoms with van der Waals surface area (Å²) in [5.74, 6) is 0.297. The number of dihydropyridines is 1. The Morgan fingerprint density at radius 3 is 2.44 bits per heavy atom. The zero-order valence-corrected chi connectivity index (χ0v) is 20.7. The minimum absolute atomic E-state index is 0.0438. The second-order valence-corrected chi connectivity index (χ2v) is 9.78. The van der Waals surface area contributed by atoms with E-state index in [9.17, 15) is 9.59 Å². The molecule has 0 radical (unpaired) electrons. The Balaban J connectivity index is 1.90. The van der Waals surface area contributed by atoms with Gasteiger partial charge in [-0.15, -0.1) is 0 Å². The molecule has 178 valence electrons. The number of Topliss-reactive ketones (excluding diaryl/α,β-unsaturated/α-hetero) is 1. The molecule has 2 aromatic rings. The van der Waals surface area contributed by atoms with Gasteiger partial charge in [-0.05, 0) is 43.4 Å². The number of carbonyl (C=O) groups is 2. The molecule has 0 unspecified atom stereocenters. The first-order valence-corrected chi connectivity index (χ1v) is 11.5. The fourth-order valence-corrected chi connectivity index (χ4v) is 5.09. The average Bonchev–Trinajstić information content (AvgIpc) is 2.78. The van der Waals surface area contributed by atoms with E-state index in [0.717, 1.165) is 34.6 Å². The second kappa shape index (κ2) is 9.01. The Kier molecular flexibility index (Phi) is 6.26. The van der Waals surface area contributed by atoms with E-state index in [2.05, 4.69) is 24.5 Å². The first-order valence-electron chi connectivity index (χ1n) is 11.5. The normalized spacial score (nSPS) is 19.4. The molecule has 1 heterocycles. The van der Waals surface area contributed by atoms with E-state index in [1.54, 1.807) is 14.2 Å². The molecule has 0 saturated carbocycles. The van der Waals surface area contributed by atoms with E-state index < -0.39 is 5.92 Å². The van der Waals surface area contributed by atoms with Crippen molar-refractivity contribution in [2.24, 2.45) is 5.41 Å². The van der Waals surface area contributed by atoms with Gasteiger partial charge in [-0.2, -0.15) is 0 Å². The maximum atomic E-state index is 13.8. The van der Waals surface area contributed by atoms with Crippen molar-refractivity contribution in [3.05, 3.63) is 76.1 Å². The molecule has 6 nitrogen and oxygen atoms in total. The van der Waals surface area contributed by atoms with E-state index in [1.165, 1.54) is 0 Å². The number of benzene rings is 2. The number of anilines is 1. The molecule has 2 aliphatic rings. The van der Waals surface area contributed by atoms with Crippen molar-refractivity contribution in [3.8, 4) is 11.5 Å². The zero-order valence-electron chi connectivity index (χ0n) is 20.7. The van der Waals surface area contributed by atoms with Gasteiger partial charge in [0.1, 0.15) is 0 Å². The predicted molar refractivity (Wildman–Crippen MR) is 133 cm³/mol. The van der Waals surface area contributed by atoms with Crippen LogP contribution in [0.3, 0.4) is 0 Å². The molecular weight excluding hydrogens is 428 g/mol. The van der Waals surface area contributed by atoms with E-state index in [-0.39, 0.29) is 17.1 Å². The van der Waals surface area contributed by atoms with Crippen LogP contribution in [-0.4, -0.2) is 25.9 Å². The number of hydrogen-bond donors (Lipinski definition) is 2. The number of allylic oxidation sites excluding steroid dienone is 3. The van der Waals surface area contributed by atoms with E-state index >= 15 is 0 Å². The van der Waals surface area contributed by atoms with Crippen molar-refractivity contribution in [1.29, 1.82) is 0 Å². The van der Waals surface area contributed by atoms with Crippen LogP contribution >= 0.6 is 0 Å². The highest BCUT2D eigenvalue weighted by Crippen LogP contribution is 2.50. The smallest absolute Gasteiger partial charge is 0.254 e. The molecule has 34 heavy (non-hydrogen) atoms. The van der Waals surface area contributed by atoms with Crippen molar-refractivity contribution in [1.82, 2.24) is 5.32 Å². The molecule has 0 saturated heterocycles. The summed E-state index contributed by atoms with van der Waals surface area (Å²) in [7, 11) is 3.16. The van der Waals surface area contributed by atoms with Gasteiger partial charge in [-0.25, -0.2) is 0 Å². The third-order valence-corrected chi connectivity index (χ3v) is 6.62. The summed E-state index contributed by atoms with van der Waals surface area (Å²) in [5.41, 5.74) is 5.01. The molecule has 0 bridgehead atoms. The summed E-state index contributed by atoms with van der Waals surface area (Å²) in [6, 6.07) is 13.2. The van der Waals surface area contributed by atoms with Gasteiger partial charge in [-0.3, -0.25) is 9.59 Å². The lowest BCUT2D eigenvalue weighted by Crippen LogP contribution is -2.39. The molecule has 0 fully saturated rings. The monoisotopic (exact) mass is 460 g/mol. The third kappa shape index (κ3) is 4.20. The number of rotatable bonds is 5. The standard InChI is InChI=1S/C28H32N2O4/c1-16-10-7-8-12-19(16)30-27(32)23-17(2)29-20-14-28(3,4)15-21(31)25(20)24(23)18-11-9-13-22(33-5)26(18)34-6/h7-13,24,29H,14-15H2,1-6H3,(H,30,32)/t24-/m1/s1. The largest absolute Gasteiger partial charge is 0.493 e. The van der Waals surface area contributed by atoms with Crippen molar-refractivity contribution >= 4 is 17.4 Å². The quantitative estimate of drug-likeness (QED) is 0.637. The highest BCUT2D eigenvalue weighted by atomic mass is 16.5. The fraction of sp³-hybridized carbons (Fsp3) is 0.357. The second-order valence-electron chi connectivity index (χ2n) is 9.78. The number of nitrogens with one attached hydrogen (secondary N) is 2. The minimum atomic E-state index is -0.575. The highest BCUT2D eigenvalue weighted by Gasteiger charge is 2.43. The van der Waals surface area contributed by atoms with E-state index in [1.807, 2.05) is 56.3 Å². The van der Waals surface area contributed by atoms with Gasteiger partial charge in [0.15, 0.2) is 17.3 Å². The molecule has 4 rings (SSSR count). The molecule has 1 atom stereocenters. The summed E-state index contributed by atoms with van der Waals surface area (Å²) < 4.78 is 11.3. The zero-order chi connectivity index (χ0) is 24.6. The highest BCUT2D eigenvalue weighted by molar-refractivity contribution is 6.10. The van der Waals surface area contributed by atoms with Gasteiger partial charge in [-0.1, -0.05) is 44.2 Å². The number of hydrogen-bond acceptors (Lipinski definition) is 5. The Morgan fingerprint density at radius 1 is 1.03 bits per heavy atom. The van der Waals surface area contributed by atoms with Gasteiger partial charge < -0.3 is 20.1 Å². The van der Waals surface area contributed by atoms with Crippen LogP contribution in [0.15, 0.2) is 65.0 Å². The van der Waals surface area contributed by atoms with Crippen molar-refractivity contribution in [3.63, 3.8) is 0 Å². The number of ether oxygens (including phenoxy) is 2. The van der Waals surface area contributed by atoms with Crippen LogP contribution < -0.4 is 20.1 Å². The third-order valence-electron chi connectivity index (χ3n) is 6.62. The number of para-hydroxylation sites is 2. The fourth-order valence-electron chi connectivity index (χ4n) is 5.09. The van der Waals surface area contributed by atoms with Crippen LogP contribution in [0.1, 0.15) is 50.7 Å². The first-order chi connectivity index (χ1) is 16.2. The van der Waals surface area contributed by atoms with Gasteiger partial charge >= 0.3 is 0 Å². The molecule has 1 aliphatic heterocycles. The summed E-state index contributed by atoms with van der Waals surface area (Å²) in [4.78, 5) is 27.3. The molecule has 2 aromatic carbocycles. The Hall–Kier alpha value is -3.54. The van der Waals surface area contributed by atoms with Crippen LogP contribution in [0, 0.1) is 12.3 Å². The van der Waals surface area contributed by atoms with Crippen LogP contribution in [-0.2, 0) is 9.59 Å². The van der Waals surface area contributed by atoms with E-state index in [0.29, 0.717) is 29.1 Å². The summed E-state index contributed by atoms with van der Waals surface area (Å²) in [6.07, 6.45) is 1.14. The van der Waals surface area contributed by atoms with Gasteiger partial charge in [0, 0.05) is 40.2 Å². The van der Waals surface area contributed by atoms with Crippen molar-refractivity contribution in [2.45, 2.75) is 46.5 Å². The number of carbonyl (C=O) groups excluding carboxylic acids is 2. The molecular formula is C28H32N2O4. The summed E-state index contributed by atoms with van der Waals surface area (Å²) in [5, 5.41) is 6.47. The molecule has 1 aliphatic carbocycles. The Morgan fingerprint density at radius 2 is 1.76 bits per heavy atom. The number of aryl methyl sites for hydroxylation is 1. The SMILES string of the molecule is COc1cccc([C@@H]2C(C(=O)Nc3ccccc3C)=C(C)NC3=C2C(=O)CC(C)(C)C3)c1OC. The van der Waals surface area contributed by atoms with Gasteiger partial charge in [0.05, 0.1) is 20.1 Å². The topological polar surface area (TPSA) is 76.7 Å². The maximum Gasteiger partial charge on any atom is 0.254 e.